The van der Waals surface area contributed by atoms with Crippen LogP contribution in [0.3, 0.4) is 0 Å². The first-order valence-corrected chi connectivity index (χ1v) is 10.4. The van der Waals surface area contributed by atoms with Gasteiger partial charge in [-0.25, -0.2) is 5.43 Å². The third-order valence-corrected chi connectivity index (χ3v) is 4.62. The molecule has 0 fully saturated rings. The third-order valence-electron chi connectivity index (χ3n) is 4.12. The summed E-state index contributed by atoms with van der Waals surface area (Å²) in [6, 6.07) is 21.9. The molecule has 0 aliphatic carbocycles. The molecule has 0 aromatic heterocycles. The molecule has 2 amide bonds. The third kappa shape index (κ3) is 6.82. The Bertz CT molecular complexity index is 1120. The van der Waals surface area contributed by atoms with E-state index >= 15 is 0 Å². The normalized spacial score (nSPS) is 10.4. The van der Waals surface area contributed by atoms with E-state index in [4.69, 9.17) is 4.74 Å². The number of carbonyl (C=O) groups is 2. The van der Waals surface area contributed by atoms with Crippen molar-refractivity contribution < 1.29 is 14.3 Å². The Morgan fingerprint density at radius 3 is 2.44 bits per heavy atom. The van der Waals surface area contributed by atoms with Crippen LogP contribution in [0.4, 0.5) is 17.1 Å². The van der Waals surface area contributed by atoms with E-state index in [-0.39, 0.29) is 0 Å². The van der Waals surface area contributed by atoms with E-state index in [0.29, 0.717) is 18.0 Å². The lowest BCUT2D eigenvalue weighted by molar-refractivity contribution is -0.136. The van der Waals surface area contributed by atoms with E-state index in [1.54, 1.807) is 30.3 Å². The van der Waals surface area contributed by atoms with Crippen molar-refractivity contribution in [2.24, 2.45) is 5.10 Å². The van der Waals surface area contributed by atoms with Gasteiger partial charge in [0, 0.05) is 27.1 Å². The minimum Gasteiger partial charge on any atom is -0.490 e. The molecule has 0 atom stereocenters. The lowest BCUT2D eigenvalue weighted by atomic mass is 10.2. The van der Waals surface area contributed by atoms with E-state index in [2.05, 4.69) is 43.7 Å². The number of nitrogens with one attached hydrogen (secondary N) is 3. The van der Waals surface area contributed by atoms with E-state index in [1.807, 2.05) is 48.5 Å². The molecule has 0 radical (unpaired) electrons. The van der Waals surface area contributed by atoms with Crippen molar-refractivity contribution >= 4 is 51.0 Å². The van der Waals surface area contributed by atoms with Crippen LogP contribution in [0.25, 0.3) is 0 Å². The first kappa shape index (κ1) is 22.8. The van der Waals surface area contributed by atoms with Gasteiger partial charge in [-0.3, -0.25) is 9.59 Å². The number of nitrogens with zero attached hydrogens (tertiary/aromatic N) is 1. The van der Waals surface area contributed by atoms with Gasteiger partial charge in [-0.1, -0.05) is 46.8 Å². The Hall–Kier alpha value is -3.91. The Morgan fingerprint density at radius 1 is 0.969 bits per heavy atom. The molecule has 0 saturated carbocycles. The Kier molecular flexibility index (Phi) is 8.16. The zero-order chi connectivity index (χ0) is 22.8. The number of ether oxygens (including phenoxy) is 1. The molecule has 0 heterocycles. The van der Waals surface area contributed by atoms with Crippen molar-refractivity contribution in [3.05, 3.63) is 95.5 Å². The molecule has 0 spiro atoms. The quantitative estimate of drug-likeness (QED) is 0.181. The van der Waals surface area contributed by atoms with Gasteiger partial charge in [0.05, 0.1) is 6.21 Å². The highest BCUT2D eigenvalue weighted by molar-refractivity contribution is 9.10. The second-order valence-corrected chi connectivity index (χ2v) is 7.42. The van der Waals surface area contributed by atoms with Crippen molar-refractivity contribution in [2.45, 2.75) is 0 Å². The fourth-order valence-electron chi connectivity index (χ4n) is 2.62. The molecule has 32 heavy (non-hydrogen) atoms. The van der Waals surface area contributed by atoms with E-state index in [0.717, 1.165) is 21.4 Å². The summed E-state index contributed by atoms with van der Waals surface area (Å²) in [5.74, 6) is -1.09. The highest BCUT2D eigenvalue weighted by Crippen LogP contribution is 2.23. The summed E-state index contributed by atoms with van der Waals surface area (Å²) in [6.45, 7) is 3.96. The van der Waals surface area contributed by atoms with Gasteiger partial charge < -0.3 is 15.4 Å². The molecule has 0 aliphatic heterocycles. The Morgan fingerprint density at radius 2 is 1.72 bits per heavy atom. The first-order chi connectivity index (χ1) is 15.5. The molecule has 8 heteroatoms. The average Bonchev–Trinajstić information content (AvgIpc) is 2.81. The lowest BCUT2D eigenvalue weighted by Crippen LogP contribution is -2.32. The first-order valence-electron chi connectivity index (χ1n) is 9.65. The Balaban J connectivity index is 1.59. The topological polar surface area (TPSA) is 91.8 Å². The van der Waals surface area contributed by atoms with E-state index in [9.17, 15) is 9.59 Å². The summed E-state index contributed by atoms with van der Waals surface area (Å²) in [6.07, 6.45) is 3.10. The number of amides is 2. The van der Waals surface area contributed by atoms with Crippen molar-refractivity contribution in [3.8, 4) is 5.75 Å². The number of halogens is 1. The number of anilines is 3. The SMILES string of the molecule is C=CCOc1ccc(NC(=O)C(=O)N/N=C/c2cc(Br)ccc2Nc2ccccc2)cc1. The van der Waals surface area contributed by atoms with Crippen LogP contribution in [-0.4, -0.2) is 24.6 Å². The highest BCUT2D eigenvalue weighted by atomic mass is 79.9. The molecule has 0 aliphatic rings. The van der Waals surface area contributed by atoms with Gasteiger partial charge in [0.15, 0.2) is 0 Å². The second kappa shape index (κ2) is 11.5. The summed E-state index contributed by atoms with van der Waals surface area (Å²) >= 11 is 3.43. The molecular weight excluding hydrogens is 472 g/mol. The summed E-state index contributed by atoms with van der Waals surface area (Å²) in [7, 11) is 0. The minimum atomic E-state index is -0.888. The summed E-state index contributed by atoms with van der Waals surface area (Å²) in [5, 5.41) is 9.72. The molecule has 0 bridgehead atoms. The van der Waals surface area contributed by atoms with Crippen LogP contribution < -0.4 is 20.8 Å². The maximum Gasteiger partial charge on any atom is 0.329 e. The predicted molar refractivity (Wildman–Crippen MR) is 130 cm³/mol. The van der Waals surface area contributed by atoms with Crippen LogP contribution in [0.15, 0.2) is 95.0 Å². The van der Waals surface area contributed by atoms with Gasteiger partial charge in [-0.05, 0) is 54.6 Å². The number of rotatable bonds is 8. The molecule has 3 N–H and O–H groups in total. The van der Waals surface area contributed by atoms with Crippen molar-refractivity contribution in [1.82, 2.24) is 5.43 Å². The molecule has 7 nitrogen and oxygen atoms in total. The zero-order valence-corrected chi connectivity index (χ0v) is 18.6. The van der Waals surface area contributed by atoms with Crippen molar-refractivity contribution in [2.75, 3.05) is 17.2 Å². The number of hydrazone groups is 1. The van der Waals surface area contributed by atoms with Crippen LogP contribution in [0.1, 0.15) is 5.56 Å². The van der Waals surface area contributed by atoms with Crippen LogP contribution in [0.2, 0.25) is 0 Å². The monoisotopic (exact) mass is 492 g/mol. The predicted octanol–water partition coefficient (Wildman–Crippen LogP) is 4.85. The van der Waals surface area contributed by atoms with Gasteiger partial charge in [0.2, 0.25) is 0 Å². The Labute approximate surface area is 194 Å². The molecule has 3 rings (SSSR count). The lowest BCUT2D eigenvalue weighted by Gasteiger charge is -2.10. The number of carbonyl (C=O) groups excluding carboxylic acids is 2. The second-order valence-electron chi connectivity index (χ2n) is 6.50. The standard InChI is InChI=1S/C24H21BrN4O3/c1-2-14-32-21-11-9-20(10-12-21)28-23(30)24(31)29-26-16-17-15-18(25)8-13-22(17)27-19-6-4-3-5-7-19/h2-13,15-16,27H,1,14H2,(H,28,30)(H,29,31)/b26-16+. The fourth-order valence-corrected chi connectivity index (χ4v) is 3.00. The minimum absolute atomic E-state index is 0.382. The van der Waals surface area contributed by atoms with Gasteiger partial charge in [0.1, 0.15) is 12.4 Å². The average molecular weight is 493 g/mol. The molecule has 3 aromatic carbocycles. The van der Waals surface area contributed by atoms with Gasteiger partial charge in [0.25, 0.3) is 0 Å². The molecular formula is C24H21BrN4O3. The highest BCUT2D eigenvalue weighted by Gasteiger charge is 2.13. The molecule has 162 valence electrons. The van der Waals surface area contributed by atoms with Crippen LogP contribution in [-0.2, 0) is 9.59 Å². The smallest absolute Gasteiger partial charge is 0.329 e. The van der Waals surface area contributed by atoms with Crippen LogP contribution in [0, 0.1) is 0 Å². The number of hydrogen-bond donors (Lipinski definition) is 3. The number of hydrogen-bond acceptors (Lipinski definition) is 5. The number of benzene rings is 3. The molecule has 3 aromatic rings. The molecule has 0 unspecified atom stereocenters. The molecule has 0 saturated heterocycles. The maximum atomic E-state index is 12.1. The zero-order valence-electron chi connectivity index (χ0n) is 17.0. The van der Waals surface area contributed by atoms with Gasteiger partial charge >= 0.3 is 11.8 Å². The van der Waals surface area contributed by atoms with Crippen LogP contribution in [0.5, 0.6) is 5.75 Å². The summed E-state index contributed by atoms with van der Waals surface area (Å²) < 4.78 is 6.22. The fraction of sp³-hybridized carbons (Fsp3) is 0.0417. The summed E-state index contributed by atoms with van der Waals surface area (Å²) in [4.78, 5) is 24.2. The van der Waals surface area contributed by atoms with Crippen molar-refractivity contribution in [1.29, 1.82) is 0 Å². The van der Waals surface area contributed by atoms with Gasteiger partial charge in [-0.2, -0.15) is 5.10 Å². The van der Waals surface area contributed by atoms with Gasteiger partial charge in [-0.15, -0.1) is 0 Å². The summed E-state index contributed by atoms with van der Waals surface area (Å²) in [5.41, 5.74) is 5.12. The largest absolute Gasteiger partial charge is 0.490 e. The van der Waals surface area contributed by atoms with E-state index in [1.165, 1.54) is 6.21 Å². The van der Waals surface area contributed by atoms with E-state index < -0.39 is 11.8 Å². The maximum absolute atomic E-state index is 12.1. The van der Waals surface area contributed by atoms with Crippen LogP contribution >= 0.6 is 15.9 Å². The van der Waals surface area contributed by atoms with Crippen molar-refractivity contribution in [3.63, 3.8) is 0 Å². The number of para-hydroxylation sites is 1.